The van der Waals surface area contributed by atoms with Crippen LogP contribution < -0.4 is 0 Å². The summed E-state index contributed by atoms with van der Waals surface area (Å²) in [5, 5.41) is 20.7. The van der Waals surface area contributed by atoms with Crippen molar-refractivity contribution in [3.05, 3.63) is 70.2 Å². The van der Waals surface area contributed by atoms with Gasteiger partial charge in [0.15, 0.2) is 0 Å². The van der Waals surface area contributed by atoms with Gasteiger partial charge in [0.2, 0.25) is 0 Å². The van der Waals surface area contributed by atoms with E-state index < -0.39 is 0 Å². The van der Waals surface area contributed by atoms with Crippen molar-refractivity contribution in [3.63, 3.8) is 0 Å². The SMILES string of the molecule is N#Cc1ccccc1CN1CCC2(CC1)CC(O)CN(Cc1ccc(Cl)cc1)C2. The Labute approximate surface area is 178 Å². The first-order valence-corrected chi connectivity index (χ1v) is 10.8. The van der Waals surface area contributed by atoms with Crippen molar-refractivity contribution in [2.24, 2.45) is 5.41 Å². The van der Waals surface area contributed by atoms with Gasteiger partial charge in [0.1, 0.15) is 0 Å². The van der Waals surface area contributed by atoms with Crippen molar-refractivity contribution in [2.45, 2.75) is 38.5 Å². The number of aliphatic hydroxyl groups excluding tert-OH is 1. The molecule has 152 valence electrons. The number of rotatable bonds is 4. The lowest BCUT2D eigenvalue weighted by molar-refractivity contribution is -0.0446. The number of β-amino-alcohol motifs (C(OH)–C–C–N with tert-alkyl or cyclic N) is 1. The molecule has 1 N–H and O–H groups in total. The van der Waals surface area contributed by atoms with Crippen LogP contribution in [0, 0.1) is 16.7 Å². The Morgan fingerprint density at radius 1 is 1.03 bits per heavy atom. The van der Waals surface area contributed by atoms with Crippen LogP contribution in [-0.2, 0) is 13.1 Å². The van der Waals surface area contributed by atoms with E-state index in [1.807, 2.05) is 30.3 Å². The molecule has 2 aromatic rings. The number of halogens is 1. The third kappa shape index (κ3) is 4.99. The second-order valence-electron chi connectivity index (χ2n) is 8.70. The van der Waals surface area contributed by atoms with Crippen LogP contribution in [0.3, 0.4) is 0 Å². The Hall–Kier alpha value is -1.90. The predicted molar refractivity (Wildman–Crippen MR) is 115 cm³/mol. The summed E-state index contributed by atoms with van der Waals surface area (Å²) in [6, 6.07) is 18.2. The third-order valence-corrected chi connectivity index (χ3v) is 6.72. The number of nitrogens with zero attached hydrogens (tertiary/aromatic N) is 3. The number of likely N-dealkylation sites (tertiary alicyclic amines) is 2. The van der Waals surface area contributed by atoms with E-state index in [1.165, 1.54) is 5.56 Å². The van der Waals surface area contributed by atoms with E-state index in [4.69, 9.17) is 11.6 Å². The van der Waals surface area contributed by atoms with Crippen LogP contribution in [-0.4, -0.2) is 47.2 Å². The summed E-state index contributed by atoms with van der Waals surface area (Å²) in [5.74, 6) is 0. The van der Waals surface area contributed by atoms with Gasteiger partial charge in [0.25, 0.3) is 0 Å². The molecule has 2 saturated heterocycles. The van der Waals surface area contributed by atoms with Gasteiger partial charge in [-0.05, 0) is 67.1 Å². The van der Waals surface area contributed by atoms with Crippen LogP contribution in [0.4, 0.5) is 0 Å². The van der Waals surface area contributed by atoms with Gasteiger partial charge in [0, 0.05) is 31.2 Å². The molecule has 4 nitrogen and oxygen atoms in total. The summed E-state index contributed by atoms with van der Waals surface area (Å²) in [6.07, 6.45) is 2.82. The molecule has 0 bridgehead atoms. The van der Waals surface area contributed by atoms with Crippen LogP contribution in [0.2, 0.25) is 5.02 Å². The van der Waals surface area contributed by atoms with Crippen molar-refractivity contribution in [1.29, 1.82) is 5.26 Å². The molecule has 2 aromatic carbocycles. The quantitative estimate of drug-likeness (QED) is 0.827. The third-order valence-electron chi connectivity index (χ3n) is 6.46. The molecule has 2 aliphatic heterocycles. The molecule has 0 saturated carbocycles. The maximum atomic E-state index is 10.6. The average Bonchev–Trinajstić information content (AvgIpc) is 2.71. The number of nitriles is 1. The molecule has 0 aromatic heterocycles. The normalized spacial score (nSPS) is 22.4. The molecule has 4 rings (SSSR count). The molecule has 0 amide bonds. The zero-order valence-electron chi connectivity index (χ0n) is 16.7. The maximum Gasteiger partial charge on any atom is 0.0995 e. The second kappa shape index (κ2) is 8.85. The summed E-state index contributed by atoms with van der Waals surface area (Å²) in [5.41, 5.74) is 3.31. The van der Waals surface area contributed by atoms with Gasteiger partial charge in [-0.15, -0.1) is 0 Å². The van der Waals surface area contributed by atoms with E-state index >= 15 is 0 Å². The van der Waals surface area contributed by atoms with Crippen LogP contribution in [0.25, 0.3) is 0 Å². The molecule has 2 heterocycles. The van der Waals surface area contributed by atoms with E-state index in [1.54, 1.807) is 0 Å². The van der Waals surface area contributed by atoms with Gasteiger partial charge >= 0.3 is 0 Å². The molecular formula is C24H28ClN3O. The van der Waals surface area contributed by atoms with Crippen molar-refractivity contribution < 1.29 is 5.11 Å². The highest BCUT2D eigenvalue weighted by Gasteiger charge is 2.41. The van der Waals surface area contributed by atoms with Crippen LogP contribution in [0.15, 0.2) is 48.5 Å². The van der Waals surface area contributed by atoms with E-state index in [9.17, 15) is 10.4 Å². The first-order valence-electron chi connectivity index (χ1n) is 10.4. The number of benzene rings is 2. The van der Waals surface area contributed by atoms with Gasteiger partial charge in [-0.2, -0.15) is 5.26 Å². The minimum absolute atomic E-state index is 0.190. The highest BCUT2D eigenvalue weighted by molar-refractivity contribution is 6.30. The zero-order chi connectivity index (χ0) is 20.3. The lowest BCUT2D eigenvalue weighted by Crippen LogP contribution is -2.53. The minimum Gasteiger partial charge on any atom is -0.392 e. The van der Waals surface area contributed by atoms with Crippen LogP contribution in [0.5, 0.6) is 0 Å². The lowest BCUT2D eigenvalue weighted by Gasteiger charge is -2.49. The minimum atomic E-state index is -0.262. The molecular weight excluding hydrogens is 382 g/mol. The van der Waals surface area contributed by atoms with E-state index in [0.717, 1.165) is 74.7 Å². The second-order valence-corrected chi connectivity index (χ2v) is 9.14. The molecule has 1 atom stereocenters. The van der Waals surface area contributed by atoms with Crippen molar-refractivity contribution in [2.75, 3.05) is 26.2 Å². The Morgan fingerprint density at radius 3 is 2.48 bits per heavy atom. The highest BCUT2D eigenvalue weighted by Crippen LogP contribution is 2.40. The predicted octanol–water partition coefficient (Wildman–Crippen LogP) is 4.06. The van der Waals surface area contributed by atoms with E-state index in [2.05, 4.69) is 34.1 Å². The van der Waals surface area contributed by atoms with Gasteiger partial charge in [0.05, 0.1) is 17.7 Å². The van der Waals surface area contributed by atoms with Crippen LogP contribution in [0.1, 0.15) is 36.0 Å². The number of aliphatic hydroxyl groups is 1. The molecule has 5 heteroatoms. The molecule has 1 spiro atoms. The molecule has 2 aliphatic rings. The first kappa shape index (κ1) is 20.4. The molecule has 1 unspecified atom stereocenters. The smallest absolute Gasteiger partial charge is 0.0995 e. The van der Waals surface area contributed by atoms with Gasteiger partial charge in [-0.3, -0.25) is 9.80 Å². The topological polar surface area (TPSA) is 50.5 Å². The number of hydrogen-bond donors (Lipinski definition) is 1. The molecule has 0 aliphatic carbocycles. The van der Waals surface area contributed by atoms with Gasteiger partial charge < -0.3 is 5.11 Å². The van der Waals surface area contributed by atoms with Crippen molar-refractivity contribution in [1.82, 2.24) is 9.80 Å². The van der Waals surface area contributed by atoms with E-state index in [-0.39, 0.29) is 11.5 Å². The summed E-state index contributed by atoms with van der Waals surface area (Å²) in [7, 11) is 0. The lowest BCUT2D eigenvalue weighted by atomic mass is 9.71. The van der Waals surface area contributed by atoms with Crippen molar-refractivity contribution in [3.8, 4) is 6.07 Å². The summed E-state index contributed by atoms with van der Waals surface area (Å²) < 4.78 is 0. The van der Waals surface area contributed by atoms with Crippen LogP contribution >= 0.6 is 11.6 Å². The molecule has 0 radical (unpaired) electrons. The van der Waals surface area contributed by atoms with E-state index in [0.29, 0.717) is 0 Å². The standard InChI is InChI=1S/C24H28ClN3O/c25-22-7-5-19(6-8-22)15-28-17-23(29)13-24(18-28)9-11-27(12-10-24)16-21-4-2-1-3-20(21)14-26/h1-8,23,29H,9-13,15-18H2. The molecule has 29 heavy (non-hydrogen) atoms. The zero-order valence-corrected chi connectivity index (χ0v) is 17.5. The monoisotopic (exact) mass is 409 g/mol. The highest BCUT2D eigenvalue weighted by atomic mass is 35.5. The van der Waals surface area contributed by atoms with Gasteiger partial charge in [-0.1, -0.05) is 41.9 Å². The Bertz CT molecular complexity index is 868. The average molecular weight is 410 g/mol. The summed E-state index contributed by atoms with van der Waals surface area (Å²) in [6.45, 7) is 5.49. The maximum absolute atomic E-state index is 10.6. The fraction of sp³-hybridized carbons (Fsp3) is 0.458. The number of hydrogen-bond acceptors (Lipinski definition) is 4. The summed E-state index contributed by atoms with van der Waals surface area (Å²) >= 11 is 6.01. The Kier molecular flexibility index (Phi) is 6.22. The Morgan fingerprint density at radius 2 is 1.76 bits per heavy atom. The molecule has 2 fully saturated rings. The fourth-order valence-corrected chi connectivity index (χ4v) is 5.12. The summed E-state index contributed by atoms with van der Waals surface area (Å²) in [4.78, 5) is 4.85. The number of piperidine rings is 2. The Balaban J connectivity index is 1.37. The fourth-order valence-electron chi connectivity index (χ4n) is 4.99. The first-order chi connectivity index (χ1) is 14.0. The van der Waals surface area contributed by atoms with Gasteiger partial charge in [-0.25, -0.2) is 0 Å². The largest absolute Gasteiger partial charge is 0.392 e. The van der Waals surface area contributed by atoms with Crippen molar-refractivity contribution >= 4 is 11.6 Å².